The first-order valence-electron chi connectivity index (χ1n) is 7.53. The zero-order valence-electron chi connectivity index (χ0n) is 13.6. The first kappa shape index (κ1) is 17.5. The Hall–Kier alpha value is -3.29. The molecule has 0 saturated heterocycles. The van der Waals surface area contributed by atoms with Crippen molar-refractivity contribution in [2.45, 2.75) is 6.92 Å². The van der Waals surface area contributed by atoms with Crippen molar-refractivity contribution in [2.75, 3.05) is 6.61 Å². The van der Waals surface area contributed by atoms with Gasteiger partial charge in [-0.3, -0.25) is 4.79 Å². The Morgan fingerprint density at radius 2 is 1.77 bits per heavy atom. The molecule has 0 bridgehead atoms. The van der Waals surface area contributed by atoms with Gasteiger partial charge in [0.15, 0.2) is 5.96 Å². The predicted molar refractivity (Wildman–Crippen MR) is 90.1 cm³/mol. The van der Waals surface area contributed by atoms with E-state index in [-0.39, 0.29) is 28.9 Å². The summed E-state index contributed by atoms with van der Waals surface area (Å²) in [4.78, 5) is 15.5. The van der Waals surface area contributed by atoms with E-state index in [0.717, 1.165) is 0 Å². The second kappa shape index (κ2) is 6.55. The van der Waals surface area contributed by atoms with Crippen molar-refractivity contribution < 1.29 is 22.7 Å². The maximum absolute atomic E-state index is 14.3. The highest BCUT2D eigenvalue weighted by Crippen LogP contribution is 2.40. The summed E-state index contributed by atoms with van der Waals surface area (Å²) in [5.41, 5.74) is 11.1. The molecule has 26 heavy (non-hydrogen) atoms. The van der Waals surface area contributed by atoms with Crippen molar-refractivity contribution in [3.05, 3.63) is 70.0 Å². The van der Waals surface area contributed by atoms with Gasteiger partial charge in [-0.2, -0.15) is 4.99 Å². The number of amides is 1. The lowest BCUT2D eigenvalue weighted by molar-refractivity contribution is 0.100. The molecule has 0 unspecified atom stereocenters. The van der Waals surface area contributed by atoms with E-state index >= 15 is 0 Å². The van der Waals surface area contributed by atoms with Gasteiger partial charge in [0.25, 0.3) is 5.91 Å². The van der Waals surface area contributed by atoms with E-state index in [1.807, 2.05) is 0 Å². The third-order valence-corrected chi connectivity index (χ3v) is 3.85. The fourth-order valence-corrected chi connectivity index (χ4v) is 2.78. The Labute approximate surface area is 146 Å². The molecule has 0 saturated carbocycles. The van der Waals surface area contributed by atoms with E-state index < -0.39 is 29.3 Å². The Morgan fingerprint density at radius 1 is 1.12 bits per heavy atom. The van der Waals surface area contributed by atoms with E-state index in [4.69, 9.17) is 16.2 Å². The molecule has 2 aromatic carbocycles. The molecule has 1 heterocycles. The molecule has 134 valence electrons. The Morgan fingerprint density at radius 3 is 2.38 bits per heavy atom. The topological polar surface area (TPSA) is 90.7 Å². The highest BCUT2D eigenvalue weighted by Gasteiger charge is 2.26. The number of aliphatic imine (C=N–C) groups is 1. The normalized spacial score (nSPS) is 13.1. The Kier molecular flexibility index (Phi) is 4.41. The fraction of sp³-hybridized carbons (Fsp3) is 0.111. The lowest BCUT2D eigenvalue weighted by atomic mass is 9.89. The molecule has 1 aliphatic heterocycles. The van der Waals surface area contributed by atoms with E-state index in [9.17, 15) is 18.0 Å². The highest BCUT2D eigenvalue weighted by molar-refractivity contribution is 6.03. The monoisotopic (exact) mass is 361 g/mol. The van der Waals surface area contributed by atoms with E-state index in [2.05, 4.69) is 4.99 Å². The molecule has 1 amide bonds. The van der Waals surface area contributed by atoms with Crippen LogP contribution in [0.5, 0.6) is 5.75 Å². The number of benzene rings is 2. The van der Waals surface area contributed by atoms with Gasteiger partial charge >= 0.3 is 0 Å². The summed E-state index contributed by atoms with van der Waals surface area (Å²) in [5.74, 6) is -3.92. The second-order valence-electron chi connectivity index (χ2n) is 5.74. The minimum atomic E-state index is -1.05. The molecule has 0 fully saturated rings. The van der Waals surface area contributed by atoms with Crippen molar-refractivity contribution in [2.24, 2.45) is 16.5 Å². The third kappa shape index (κ3) is 3.13. The van der Waals surface area contributed by atoms with Gasteiger partial charge < -0.3 is 16.2 Å². The van der Waals surface area contributed by atoms with E-state index in [0.29, 0.717) is 23.5 Å². The summed E-state index contributed by atoms with van der Waals surface area (Å²) in [7, 11) is 0. The van der Waals surface area contributed by atoms with Crippen LogP contribution in [0.25, 0.3) is 5.57 Å². The minimum Gasteiger partial charge on any atom is -0.489 e. The number of rotatable bonds is 2. The summed E-state index contributed by atoms with van der Waals surface area (Å²) >= 11 is 0. The van der Waals surface area contributed by atoms with Crippen molar-refractivity contribution in [1.82, 2.24) is 0 Å². The molecule has 8 heteroatoms. The number of nitrogens with zero attached hydrogens (tertiary/aromatic N) is 1. The van der Waals surface area contributed by atoms with Crippen LogP contribution >= 0.6 is 0 Å². The lowest BCUT2D eigenvalue weighted by Gasteiger charge is -2.23. The average molecular weight is 361 g/mol. The molecular formula is C18H14F3N3O2. The minimum absolute atomic E-state index is 0.0970. The molecule has 2 aromatic rings. The van der Waals surface area contributed by atoms with Crippen LogP contribution in [0.1, 0.15) is 28.4 Å². The van der Waals surface area contributed by atoms with Gasteiger partial charge in [-0.15, -0.1) is 0 Å². The molecule has 0 aromatic heterocycles. The first-order valence-corrected chi connectivity index (χ1v) is 7.53. The zero-order chi connectivity index (χ0) is 19.0. The maximum Gasteiger partial charge on any atom is 0.280 e. The molecule has 0 aliphatic carbocycles. The van der Waals surface area contributed by atoms with E-state index in [1.54, 1.807) is 6.92 Å². The van der Waals surface area contributed by atoms with Gasteiger partial charge in [0.1, 0.15) is 29.8 Å². The van der Waals surface area contributed by atoms with Crippen molar-refractivity contribution in [3.8, 4) is 5.75 Å². The van der Waals surface area contributed by atoms with Gasteiger partial charge in [0.2, 0.25) is 0 Å². The third-order valence-electron chi connectivity index (χ3n) is 3.85. The number of carbonyl (C=O) groups is 1. The van der Waals surface area contributed by atoms with Gasteiger partial charge in [-0.05, 0) is 30.7 Å². The van der Waals surface area contributed by atoms with Crippen LogP contribution in [-0.4, -0.2) is 18.5 Å². The molecular weight excluding hydrogens is 347 g/mol. The molecule has 1 aliphatic rings. The standard InChI is InChI=1S/C18H14F3N3O2/c1-8-7-26-14-3-2-9(17(25)24-18(22)23)4-11(14)15(8)16-12(20)5-10(19)6-13(16)21/h2-6H,7H2,1H3,(H4,22,23,24,25). The smallest absolute Gasteiger partial charge is 0.280 e. The van der Waals surface area contributed by atoms with Crippen LogP contribution in [0.4, 0.5) is 13.2 Å². The lowest BCUT2D eigenvalue weighted by Crippen LogP contribution is -2.24. The van der Waals surface area contributed by atoms with Crippen LogP contribution in [0.2, 0.25) is 0 Å². The summed E-state index contributed by atoms with van der Waals surface area (Å²) in [5, 5.41) is 0. The summed E-state index contributed by atoms with van der Waals surface area (Å²) < 4.78 is 47.4. The molecule has 4 N–H and O–H groups in total. The zero-order valence-corrected chi connectivity index (χ0v) is 13.6. The second-order valence-corrected chi connectivity index (χ2v) is 5.74. The number of hydrogen-bond donors (Lipinski definition) is 2. The predicted octanol–water partition coefficient (Wildman–Crippen LogP) is 2.73. The number of hydrogen-bond acceptors (Lipinski definition) is 2. The average Bonchev–Trinajstić information content (AvgIpc) is 2.54. The van der Waals surface area contributed by atoms with Gasteiger partial charge in [0.05, 0.1) is 5.56 Å². The number of carbonyl (C=O) groups excluding carboxylic acids is 1. The molecule has 0 radical (unpaired) electrons. The highest BCUT2D eigenvalue weighted by atomic mass is 19.1. The van der Waals surface area contributed by atoms with Crippen LogP contribution in [0.15, 0.2) is 40.9 Å². The Balaban J connectivity index is 2.21. The van der Waals surface area contributed by atoms with Gasteiger partial charge in [0, 0.05) is 28.8 Å². The summed E-state index contributed by atoms with van der Waals surface area (Å²) in [6.07, 6.45) is 0. The van der Waals surface area contributed by atoms with Crippen LogP contribution < -0.4 is 16.2 Å². The quantitative estimate of drug-likeness (QED) is 0.636. The van der Waals surface area contributed by atoms with Crippen molar-refractivity contribution in [1.29, 1.82) is 0 Å². The summed E-state index contributed by atoms with van der Waals surface area (Å²) in [6, 6.07) is 5.49. The fourth-order valence-electron chi connectivity index (χ4n) is 2.78. The first-order chi connectivity index (χ1) is 12.3. The molecule has 0 atom stereocenters. The Bertz CT molecular complexity index is 957. The van der Waals surface area contributed by atoms with Crippen molar-refractivity contribution >= 4 is 17.4 Å². The van der Waals surface area contributed by atoms with Crippen LogP contribution in [-0.2, 0) is 0 Å². The SMILES string of the molecule is CC1=C(c2c(F)cc(F)cc2F)c2cc(C(=O)N=C(N)N)ccc2OC1. The number of fused-ring (bicyclic) bond motifs is 1. The number of ether oxygens (including phenoxy) is 1. The van der Waals surface area contributed by atoms with Gasteiger partial charge in [-0.1, -0.05) is 0 Å². The van der Waals surface area contributed by atoms with Crippen molar-refractivity contribution in [3.63, 3.8) is 0 Å². The van der Waals surface area contributed by atoms with Crippen LogP contribution in [0, 0.1) is 17.5 Å². The number of guanidine groups is 1. The maximum atomic E-state index is 14.3. The molecule has 5 nitrogen and oxygen atoms in total. The molecule has 0 spiro atoms. The van der Waals surface area contributed by atoms with E-state index in [1.165, 1.54) is 18.2 Å². The number of nitrogens with two attached hydrogens (primary N) is 2. The molecule has 3 rings (SSSR count). The number of halogens is 3. The summed E-state index contributed by atoms with van der Waals surface area (Å²) in [6.45, 7) is 1.73. The largest absolute Gasteiger partial charge is 0.489 e. The van der Waals surface area contributed by atoms with Crippen LogP contribution in [0.3, 0.4) is 0 Å². The van der Waals surface area contributed by atoms with Gasteiger partial charge in [-0.25, -0.2) is 13.2 Å².